The summed E-state index contributed by atoms with van der Waals surface area (Å²) in [5.41, 5.74) is 2.00. The number of benzene rings is 1. The van der Waals surface area contributed by atoms with E-state index in [4.69, 9.17) is 12.6 Å². The van der Waals surface area contributed by atoms with Crippen LogP contribution in [0.15, 0.2) is 24.3 Å². The minimum atomic E-state index is 0.472. The van der Waals surface area contributed by atoms with Gasteiger partial charge in [0.25, 0.3) is 0 Å². The van der Waals surface area contributed by atoms with Gasteiger partial charge in [0, 0.05) is 0 Å². The predicted octanol–water partition coefficient (Wildman–Crippen LogP) is 2.33. The molecule has 1 fully saturated rings. The summed E-state index contributed by atoms with van der Waals surface area (Å²) in [6, 6.07) is 7.95. The van der Waals surface area contributed by atoms with Crippen LogP contribution in [0.25, 0.3) is 0 Å². The van der Waals surface area contributed by atoms with E-state index >= 15 is 0 Å². The summed E-state index contributed by atoms with van der Waals surface area (Å²) in [7, 11) is 5.71. The van der Waals surface area contributed by atoms with Gasteiger partial charge in [0.15, 0.2) is 0 Å². The third kappa shape index (κ3) is 3.38. The van der Waals surface area contributed by atoms with Gasteiger partial charge in [0.2, 0.25) is 0 Å². The largest absolute Gasteiger partial charge is 0.374 e. The molecule has 1 aromatic carbocycles. The van der Waals surface area contributed by atoms with Crippen molar-refractivity contribution in [1.82, 2.24) is 0 Å². The van der Waals surface area contributed by atoms with E-state index < -0.39 is 0 Å². The molecule has 0 atom stereocenters. The quantitative estimate of drug-likeness (QED) is 0.680. The van der Waals surface area contributed by atoms with Crippen molar-refractivity contribution in [3.63, 3.8) is 0 Å². The summed E-state index contributed by atoms with van der Waals surface area (Å²) in [6.45, 7) is 0.704. The predicted molar refractivity (Wildman–Crippen MR) is 63.5 cm³/mol. The van der Waals surface area contributed by atoms with E-state index in [-0.39, 0.29) is 0 Å². The molecule has 0 heterocycles. The molecule has 1 aliphatic carbocycles. The molecule has 0 unspecified atom stereocenters. The fourth-order valence-corrected chi connectivity index (χ4v) is 2.13. The SMILES string of the molecule is [B]c1cccc(COC2CCCCC2)c1. The lowest BCUT2D eigenvalue weighted by Gasteiger charge is -2.22. The van der Waals surface area contributed by atoms with Crippen molar-refractivity contribution in [3.8, 4) is 0 Å². The van der Waals surface area contributed by atoms with E-state index in [1.807, 2.05) is 18.2 Å². The maximum Gasteiger partial charge on any atom is 0.113 e. The van der Waals surface area contributed by atoms with E-state index in [9.17, 15) is 0 Å². The zero-order valence-corrected chi connectivity index (χ0v) is 9.11. The molecule has 1 saturated carbocycles. The average molecular weight is 200 g/mol. The Kier molecular flexibility index (Phi) is 3.84. The van der Waals surface area contributed by atoms with E-state index in [1.54, 1.807) is 0 Å². The van der Waals surface area contributed by atoms with Crippen molar-refractivity contribution < 1.29 is 4.74 Å². The van der Waals surface area contributed by atoms with Gasteiger partial charge in [-0.15, -0.1) is 0 Å². The minimum absolute atomic E-state index is 0.472. The van der Waals surface area contributed by atoms with Crippen LogP contribution in [0.5, 0.6) is 0 Å². The number of hydrogen-bond donors (Lipinski definition) is 0. The van der Waals surface area contributed by atoms with Crippen LogP contribution in [-0.2, 0) is 11.3 Å². The molecular weight excluding hydrogens is 183 g/mol. The highest BCUT2D eigenvalue weighted by molar-refractivity contribution is 6.32. The molecule has 1 aromatic rings. The van der Waals surface area contributed by atoms with Gasteiger partial charge in [-0.3, -0.25) is 0 Å². The zero-order chi connectivity index (χ0) is 10.5. The molecule has 1 aliphatic rings. The lowest BCUT2D eigenvalue weighted by molar-refractivity contribution is 0.0169. The van der Waals surface area contributed by atoms with Crippen molar-refractivity contribution >= 4 is 13.3 Å². The molecule has 1 nitrogen and oxygen atoms in total. The summed E-state index contributed by atoms with van der Waals surface area (Å²) in [6.07, 6.45) is 6.94. The second-order valence-electron chi connectivity index (χ2n) is 4.32. The average Bonchev–Trinajstić information content (AvgIpc) is 2.28. The first kappa shape index (κ1) is 10.8. The Hall–Kier alpha value is -0.755. The van der Waals surface area contributed by atoms with Crippen LogP contribution in [0, 0.1) is 0 Å². The van der Waals surface area contributed by atoms with Crippen molar-refractivity contribution in [2.75, 3.05) is 0 Å². The van der Waals surface area contributed by atoms with Crippen molar-refractivity contribution in [1.29, 1.82) is 0 Å². The normalized spacial score (nSPS) is 17.9. The fraction of sp³-hybridized carbons (Fsp3) is 0.538. The summed E-state index contributed by atoms with van der Waals surface area (Å²) in [5.74, 6) is 0. The Bertz CT molecular complexity index is 305. The topological polar surface area (TPSA) is 9.23 Å². The Labute approximate surface area is 93.2 Å². The van der Waals surface area contributed by atoms with Crippen LogP contribution in [0.1, 0.15) is 37.7 Å². The molecule has 0 spiro atoms. The maximum absolute atomic E-state index is 5.87. The molecule has 2 rings (SSSR count). The van der Waals surface area contributed by atoms with Gasteiger partial charge in [0.05, 0.1) is 12.7 Å². The molecule has 2 heteroatoms. The van der Waals surface area contributed by atoms with Gasteiger partial charge < -0.3 is 4.74 Å². The van der Waals surface area contributed by atoms with Crippen LogP contribution in [0.4, 0.5) is 0 Å². The second-order valence-corrected chi connectivity index (χ2v) is 4.32. The maximum atomic E-state index is 5.87. The molecule has 2 radical (unpaired) electrons. The number of ether oxygens (including phenoxy) is 1. The molecule has 0 aromatic heterocycles. The van der Waals surface area contributed by atoms with Crippen LogP contribution in [-0.4, -0.2) is 14.0 Å². The van der Waals surface area contributed by atoms with Crippen molar-refractivity contribution in [3.05, 3.63) is 29.8 Å². The van der Waals surface area contributed by atoms with Crippen LogP contribution < -0.4 is 5.46 Å². The summed E-state index contributed by atoms with van der Waals surface area (Å²) in [4.78, 5) is 0. The summed E-state index contributed by atoms with van der Waals surface area (Å²) < 4.78 is 5.87. The molecule has 15 heavy (non-hydrogen) atoms. The molecule has 0 N–H and O–H groups in total. The third-order valence-electron chi connectivity index (χ3n) is 2.99. The van der Waals surface area contributed by atoms with Crippen LogP contribution in [0.3, 0.4) is 0 Å². The van der Waals surface area contributed by atoms with Crippen molar-refractivity contribution in [2.45, 2.75) is 44.8 Å². The minimum Gasteiger partial charge on any atom is -0.374 e. The summed E-state index contributed by atoms with van der Waals surface area (Å²) in [5, 5.41) is 0. The first-order valence-electron chi connectivity index (χ1n) is 5.80. The molecule has 0 bridgehead atoms. The molecular formula is C13H17BO. The highest BCUT2D eigenvalue weighted by Gasteiger charge is 2.13. The van der Waals surface area contributed by atoms with E-state index in [1.165, 1.54) is 37.7 Å². The van der Waals surface area contributed by atoms with Gasteiger partial charge in [-0.2, -0.15) is 0 Å². The third-order valence-corrected chi connectivity index (χ3v) is 2.99. The zero-order valence-electron chi connectivity index (χ0n) is 9.11. The molecule has 0 aliphatic heterocycles. The lowest BCUT2D eigenvalue weighted by Crippen LogP contribution is -2.16. The highest BCUT2D eigenvalue weighted by Crippen LogP contribution is 2.21. The van der Waals surface area contributed by atoms with Gasteiger partial charge >= 0.3 is 0 Å². The van der Waals surface area contributed by atoms with Crippen molar-refractivity contribution in [2.24, 2.45) is 0 Å². The Morgan fingerprint density at radius 3 is 2.73 bits per heavy atom. The first-order chi connectivity index (χ1) is 7.34. The molecule has 0 saturated heterocycles. The Morgan fingerprint density at radius 2 is 2.00 bits per heavy atom. The number of hydrogen-bond acceptors (Lipinski definition) is 1. The molecule has 78 valence electrons. The molecule has 0 amide bonds. The monoisotopic (exact) mass is 200 g/mol. The van der Waals surface area contributed by atoms with Gasteiger partial charge in [0.1, 0.15) is 7.85 Å². The van der Waals surface area contributed by atoms with Gasteiger partial charge in [-0.25, -0.2) is 0 Å². The highest BCUT2D eigenvalue weighted by atomic mass is 16.5. The second kappa shape index (κ2) is 5.36. The Balaban J connectivity index is 1.81. The van der Waals surface area contributed by atoms with Crippen LogP contribution >= 0.6 is 0 Å². The van der Waals surface area contributed by atoms with E-state index in [0.717, 1.165) is 5.46 Å². The first-order valence-corrected chi connectivity index (χ1v) is 5.80. The smallest absolute Gasteiger partial charge is 0.113 e. The van der Waals surface area contributed by atoms with E-state index in [2.05, 4.69) is 6.07 Å². The standard InChI is InChI=1S/C13H17BO/c14-12-6-4-5-11(9-12)10-15-13-7-2-1-3-8-13/h4-6,9,13H,1-3,7-8,10H2. The van der Waals surface area contributed by atoms with E-state index in [0.29, 0.717) is 12.7 Å². The fourth-order valence-electron chi connectivity index (χ4n) is 2.13. The Morgan fingerprint density at radius 1 is 1.20 bits per heavy atom. The van der Waals surface area contributed by atoms with Gasteiger partial charge in [-0.05, 0) is 18.4 Å². The lowest BCUT2D eigenvalue weighted by atomic mass is 9.94. The summed E-state index contributed by atoms with van der Waals surface area (Å²) >= 11 is 0. The van der Waals surface area contributed by atoms with Gasteiger partial charge in [-0.1, -0.05) is 49.0 Å². The van der Waals surface area contributed by atoms with Crippen LogP contribution in [0.2, 0.25) is 0 Å². The number of rotatable bonds is 3.